The van der Waals surface area contributed by atoms with E-state index in [0.717, 1.165) is 35.0 Å². The topological polar surface area (TPSA) is 35.2 Å². The van der Waals surface area contributed by atoms with Crippen molar-refractivity contribution in [3.8, 4) is 5.75 Å². The Morgan fingerprint density at radius 2 is 2.29 bits per heavy atom. The second kappa shape index (κ2) is 7.51. The molecule has 1 aromatic rings. The van der Waals surface area contributed by atoms with Gasteiger partial charge in [0, 0.05) is 10.5 Å². The van der Waals surface area contributed by atoms with E-state index in [9.17, 15) is 0 Å². The number of benzene rings is 1. The van der Waals surface area contributed by atoms with Crippen molar-refractivity contribution in [1.29, 1.82) is 0 Å². The van der Waals surface area contributed by atoms with E-state index in [1.165, 1.54) is 0 Å². The van der Waals surface area contributed by atoms with E-state index in [1.807, 2.05) is 18.2 Å². The van der Waals surface area contributed by atoms with E-state index >= 15 is 0 Å². The number of nitrogens with two attached hydrogens (primary N) is 1. The number of ether oxygens (including phenoxy) is 1. The van der Waals surface area contributed by atoms with Crippen LogP contribution in [0, 0.1) is 0 Å². The van der Waals surface area contributed by atoms with Crippen LogP contribution >= 0.6 is 15.9 Å². The van der Waals surface area contributed by atoms with Crippen LogP contribution in [0.4, 0.5) is 0 Å². The Morgan fingerprint density at radius 1 is 1.53 bits per heavy atom. The lowest BCUT2D eigenvalue weighted by Crippen LogP contribution is -2.21. The monoisotopic (exact) mass is 297 g/mol. The van der Waals surface area contributed by atoms with E-state index in [1.54, 1.807) is 0 Å². The van der Waals surface area contributed by atoms with Crippen molar-refractivity contribution in [2.24, 2.45) is 5.73 Å². The molecule has 0 saturated heterocycles. The molecule has 94 valence electrons. The van der Waals surface area contributed by atoms with Crippen LogP contribution in [-0.2, 0) is 6.42 Å². The molecule has 17 heavy (non-hydrogen) atoms. The summed E-state index contributed by atoms with van der Waals surface area (Å²) in [6.07, 6.45) is 4.53. The fourth-order valence-corrected chi connectivity index (χ4v) is 1.94. The lowest BCUT2D eigenvalue weighted by atomic mass is 10.0. The van der Waals surface area contributed by atoms with Gasteiger partial charge in [-0.25, -0.2) is 0 Å². The molecule has 2 nitrogen and oxygen atoms in total. The summed E-state index contributed by atoms with van der Waals surface area (Å²) in [7, 11) is 0. The largest absolute Gasteiger partial charge is 0.493 e. The minimum absolute atomic E-state index is 0.186. The van der Waals surface area contributed by atoms with E-state index in [-0.39, 0.29) is 6.04 Å². The van der Waals surface area contributed by atoms with Gasteiger partial charge in [0.05, 0.1) is 6.61 Å². The molecule has 0 spiro atoms. The van der Waals surface area contributed by atoms with E-state index < -0.39 is 0 Å². The molecule has 0 aliphatic carbocycles. The predicted molar refractivity (Wildman–Crippen MR) is 76.4 cm³/mol. The summed E-state index contributed by atoms with van der Waals surface area (Å²) in [5.74, 6) is 0.930. The number of hydrogen-bond donors (Lipinski definition) is 1. The highest BCUT2D eigenvalue weighted by atomic mass is 79.9. The molecule has 1 rings (SSSR count). The first-order valence-electron chi connectivity index (χ1n) is 5.95. The number of rotatable bonds is 7. The zero-order valence-electron chi connectivity index (χ0n) is 10.3. The second-order valence-electron chi connectivity index (χ2n) is 4.05. The van der Waals surface area contributed by atoms with Gasteiger partial charge in [-0.15, -0.1) is 6.58 Å². The molecule has 0 heterocycles. The Labute approximate surface area is 112 Å². The van der Waals surface area contributed by atoms with Crippen molar-refractivity contribution < 1.29 is 4.74 Å². The van der Waals surface area contributed by atoms with Crippen molar-refractivity contribution in [2.75, 3.05) is 6.61 Å². The summed E-state index contributed by atoms with van der Waals surface area (Å²) < 4.78 is 6.79. The van der Waals surface area contributed by atoms with Crippen LogP contribution in [0.1, 0.15) is 25.3 Å². The summed E-state index contributed by atoms with van der Waals surface area (Å²) in [5.41, 5.74) is 7.16. The van der Waals surface area contributed by atoms with E-state index in [0.29, 0.717) is 6.61 Å². The fraction of sp³-hybridized carbons (Fsp3) is 0.429. The van der Waals surface area contributed by atoms with Gasteiger partial charge in [0.25, 0.3) is 0 Å². The molecule has 0 aromatic heterocycles. The highest BCUT2D eigenvalue weighted by molar-refractivity contribution is 9.10. The Bertz CT molecular complexity index is 365. The van der Waals surface area contributed by atoms with Gasteiger partial charge in [-0.1, -0.05) is 28.9 Å². The fourth-order valence-electron chi connectivity index (χ4n) is 1.53. The van der Waals surface area contributed by atoms with Gasteiger partial charge in [-0.2, -0.15) is 0 Å². The maximum Gasteiger partial charge on any atom is 0.122 e. The normalized spacial score (nSPS) is 12.2. The molecule has 1 aromatic carbocycles. The first kappa shape index (κ1) is 14.3. The average molecular weight is 298 g/mol. The maximum atomic E-state index is 5.99. The molecule has 3 heteroatoms. The van der Waals surface area contributed by atoms with Gasteiger partial charge in [-0.05, 0) is 43.0 Å². The molecule has 0 amide bonds. The van der Waals surface area contributed by atoms with Crippen molar-refractivity contribution >= 4 is 15.9 Å². The van der Waals surface area contributed by atoms with Crippen LogP contribution in [0.5, 0.6) is 5.75 Å². The minimum atomic E-state index is 0.186. The highest BCUT2D eigenvalue weighted by Crippen LogP contribution is 2.24. The summed E-state index contributed by atoms with van der Waals surface area (Å²) in [6.45, 7) is 6.45. The van der Waals surface area contributed by atoms with Gasteiger partial charge < -0.3 is 10.5 Å². The smallest absolute Gasteiger partial charge is 0.122 e. The summed E-state index contributed by atoms with van der Waals surface area (Å²) in [5, 5.41) is 0. The lowest BCUT2D eigenvalue weighted by molar-refractivity contribution is 0.320. The van der Waals surface area contributed by atoms with Crippen LogP contribution in [0.2, 0.25) is 0 Å². The highest BCUT2D eigenvalue weighted by Gasteiger charge is 2.08. The molecule has 2 N–H and O–H groups in total. The third kappa shape index (κ3) is 4.92. The molecule has 0 saturated carbocycles. The summed E-state index contributed by atoms with van der Waals surface area (Å²) in [6, 6.07) is 6.25. The Morgan fingerprint density at radius 3 is 2.94 bits per heavy atom. The predicted octanol–water partition coefficient (Wildman–Crippen LogP) is 3.68. The van der Waals surface area contributed by atoms with E-state index in [4.69, 9.17) is 10.5 Å². The zero-order valence-corrected chi connectivity index (χ0v) is 11.9. The van der Waals surface area contributed by atoms with Crippen LogP contribution in [-0.4, -0.2) is 12.6 Å². The molecule has 0 fully saturated rings. The standard InChI is InChI=1S/C14H20BrNO/c1-3-5-8-17-14-7-6-12(15)9-11(14)10-13(16)4-2/h3,6-7,9,13H,1,4-5,8,10,16H2,2H3. The van der Waals surface area contributed by atoms with Crippen molar-refractivity contribution in [1.82, 2.24) is 0 Å². The third-order valence-electron chi connectivity index (χ3n) is 2.61. The first-order chi connectivity index (χ1) is 8.17. The molecule has 1 unspecified atom stereocenters. The zero-order chi connectivity index (χ0) is 12.7. The summed E-state index contributed by atoms with van der Waals surface area (Å²) >= 11 is 3.48. The SMILES string of the molecule is C=CCCOc1ccc(Br)cc1CC(N)CC. The Kier molecular flexibility index (Phi) is 6.30. The van der Waals surface area contributed by atoms with Crippen LogP contribution in [0.25, 0.3) is 0 Å². The van der Waals surface area contributed by atoms with Gasteiger partial charge in [0.15, 0.2) is 0 Å². The average Bonchev–Trinajstić information content (AvgIpc) is 2.32. The van der Waals surface area contributed by atoms with Crippen LogP contribution in [0.15, 0.2) is 35.3 Å². The molecular formula is C14H20BrNO. The van der Waals surface area contributed by atoms with Gasteiger partial charge in [0.2, 0.25) is 0 Å². The van der Waals surface area contributed by atoms with Gasteiger partial charge in [0.1, 0.15) is 5.75 Å². The molecular weight excluding hydrogens is 278 g/mol. The Hall–Kier alpha value is -0.800. The second-order valence-corrected chi connectivity index (χ2v) is 4.97. The van der Waals surface area contributed by atoms with Crippen molar-refractivity contribution in [3.63, 3.8) is 0 Å². The van der Waals surface area contributed by atoms with Gasteiger partial charge in [-0.3, -0.25) is 0 Å². The molecule has 1 atom stereocenters. The van der Waals surface area contributed by atoms with Gasteiger partial charge >= 0.3 is 0 Å². The third-order valence-corrected chi connectivity index (χ3v) is 3.10. The Balaban J connectivity index is 2.76. The van der Waals surface area contributed by atoms with Crippen molar-refractivity contribution in [3.05, 3.63) is 40.9 Å². The molecule has 0 radical (unpaired) electrons. The van der Waals surface area contributed by atoms with Crippen LogP contribution in [0.3, 0.4) is 0 Å². The number of hydrogen-bond acceptors (Lipinski definition) is 2. The first-order valence-corrected chi connectivity index (χ1v) is 6.74. The molecule has 0 bridgehead atoms. The minimum Gasteiger partial charge on any atom is -0.493 e. The molecule has 0 aliphatic heterocycles. The van der Waals surface area contributed by atoms with Crippen molar-refractivity contribution in [2.45, 2.75) is 32.2 Å². The number of halogens is 1. The molecule has 0 aliphatic rings. The summed E-state index contributed by atoms with van der Waals surface area (Å²) in [4.78, 5) is 0. The lowest BCUT2D eigenvalue weighted by Gasteiger charge is -2.14. The van der Waals surface area contributed by atoms with E-state index in [2.05, 4.69) is 35.5 Å². The quantitative estimate of drug-likeness (QED) is 0.615. The maximum absolute atomic E-state index is 5.99. The van der Waals surface area contributed by atoms with Crippen LogP contribution < -0.4 is 10.5 Å².